The fourth-order valence-corrected chi connectivity index (χ4v) is 7.80. The number of para-hydroxylation sites is 1. The number of hydrogen-bond donors (Lipinski definition) is 1. The van der Waals surface area contributed by atoms with Crippen LogP contribution in [0.3, 0.4) is 0 Å². The number of hydrogen-bond acceptors (Lipinski definition) is 3. The van der Waals surface area contributed by atoms with Gasteiger partial charge in [-0.2, -0.15) is 0 Å². The summed E-state index contributed by atoms with van der Waals surface area (Å²) >= 11 is 0. The van der Waals surface area contributed by atoms with Crippen molar-refractivity contribution in [3.05, 3.63) is 65.2 Å². The Balaban J connectivity index is 1.31. The molecule has 2 aromatic rings. The molecule has 3 heterocycles. The maximum Gasteiger partial charge on any atom is 0.228 e. The molecule has 4 unspecified atom stereocenters. The van der Waals surface area contributed by atoms with E-state index in [1.165, 1.54) is 48.8 Å². The van der Waals surface area contributed by atoms with Gasteiger partial charge in [0.1, 0.15) is 5.75 Å². The van der Waals surface area contributed by atoms with Gasteiger partial charge in [-0.3, -0.25) is 4.79 Å². The fourth-order valence-electron chi connectivity index (χ4n) is 7.80. The highest BCUT2D eigenvalue weighted by atomic mass is 16.5. The standard InChI is InChI=1S/C31H40N2O2/c1-22-9-8-14-26-29(22)35-18-16-31(26)21-32-20-27(31)30(34)33-17-15-25(23-10-4-2-5-11-23)19-28(33)24-12-6-3-7-13-24/h2,4-5,8-11,14,24-25,27-28,32H,3,6-7,12-13,15-21H2,1H3. The third kappa shape index (κ3) is 4.08. The Hall–Kier alpha value is -2.33. The topological polar surface area (TPSA) is 41.6 Å². The number of fused-ring (bicyclic) bond motifs is 2. The summed E-state index contributed by atoms with van der Waals surface area (Å²) in [4.78, 5) is 16.9. The number of carbonyl (C=O) groups is 1. The summed E-state index contributed by atoms with van der Waals surface area (Å²) in [6.45, 7) is 5.37. The van der Waals surface area contributed by atoms with Crippen LogP contribution in [0.5, 0.6) is 5.75 Å². The van der Waals surface area contributed by atoms with Gasteiger partial charge in [-0.1, -0.05) is 67.8 Å². The summed E-state index contributed by atoms with van der Waals surface area (Å²) in [5.74, 6) is 2.62. The van der Waals surface area contributed by atoms with Gasteiger partial charge in [0.2, 0.25) is 5.91 Å². The van der Waals surface area contributed by atoms with Gasteiger partial charge in [0.15, 0.2) is 0 Å². The first-order chi connectivity index (χ1) is 17.2. The van der Waals surface area contributed by atoms with Crippen LogP contribution in [0.15, 0.2) is 48.5 Å². The first kappa shape index (κ1) is 23.1. The molecule has 186 valence electrons. The molecule has 3 fully saturated rings. The highest BCUT2D eigenvalue weighted by molar-refractivity contribution is 5.82. The molecule has 3 aliphatic heterocycles. The zero-order valence-electron chi connectivity index (χ0n) is 21.2. The van der Waals surface area contributed by atoms with Crippen LogP contribution in [-0.4, -0.2) is 43.1 Å². The van der Waals surface area contributed by atoms with Crippen LogP contribution in [0.2, 0.25) is 0 Å². The molecule has 4 nitrogen and oxygen atoms in total. The Bertz CT molecular complexity index is 1050. The number of rotatable bonds is 3. The molecule has 1 spiro atoms. The van der Waals surface area contributed by atoms with Gasteiger partial charge in [-0.15, -0.1) is 0 Å². The van der Waals surface area contributed by atoms with Gasteiger partial charge in [0.25, 0.3) is 0 Å². The predicted molar refractivity (Wildman–Crippen MR) is 140 cm³/mol. The number of benzene rings is 2. The summed E-state index contributed by atoms with van der Waals surface area (Å²) < 4.78 is 6.14. The van der Waals surface area contributed by atoms with Gasteiger partial charge >= 0.3 is 0 Å². The number of ether oxygens (including phenoxy) is 1. The van der Waals surface area contributed by atoms with Crippen LogP contribution in [0.1, 0.15) is 74.0 Å². The first-order valence-corrected chi connectivity index (χ1v) is 14.0. The lowest BCUT2D eigenvalue weighted by Crippen LogP contribution is -2.55. The van der Waals surface area contributed by atoms with E-state index in [4.69, 9.17) is 4.74 Å². The number of likely N-dealkylation sites (tertiary alicyclic amines) is 1. The zero-order chi connectivity index (χ0) is 23.8. The predicted octanol–water partition coefficient (Wildman–Crippen LogP) is 5.59. The molecule has 1 amide bonds. The average molecular weight is 473 g/mol. The molecule has 2 aromatic carbocycles. The van der Waals surface area contributed by atoms with Crippen molar-refractivity contribution in [2.24, 2.45) is 11.8 Å². The minimum atomic E-state index is -0.149. The molecule has 4 atom stereocenters. The Morgan fingerprint density at radius 2 is 1.86 bits per heavy atom. The van der Waals surface area contributed by atoms with Crippen LogP contribution in [0.25, 0.3) is 0 Å². The van der Waals surface area contributed by atoms with E-state index in [9.17, 15) is 4.79 Å². The number of nitrogens with one attached hydrogen (secondary N) is 1. The van der Waals surface area contributed by atoms with Crippen LogP contribution in [0, 0.1) is 18.8 Å². The Kier molecular flexibility index (Phi) is 6.34. The van der Waals surface area contributed by atoms with E-state index in [0.717, 1.165) is 44.6 Å². The average Bonchev–Trinajstić information content (AvgIpc) is 3.33. The Morgan fingerprint density at radius 1 is 1.03 bits per heavy atom. The largest absolute Gasteiger partial charge is 0.493 e. The summed E-state index contributed by atoms with van der Waals surface area (Å²) in [5, 5.41) is 3.64. The summed E-state index contributed by atoms with van der Waals surface area (Å²) in [6, 6.07) is 17.9. The van der Waals surface area contributed by atoms with Crippen molar-refractivity contribution in [2.75, 3.05) is 26.2 Å². The molecule has 1 aliphatic carbocycles. The Labute approximate surface area is 210 Å². The minimum absolute atomic E-state index is 0.00804. The molecule has 1 N–H and O–H groups in total. The summed E-state index contributed by atoms with van der Waals surface area (Å²) in [7, 11) is 0. The van der Waals surface area contributed by atoms with Crippen LogP contribution in [-0.2, 0) is 10.2 Å². The smallest absolute Gasteiger partial charge is 0.228 e. The molecule has 4 heteroatoms. The number of piperidine rings is 1. The van der Waals surface area contributed by atoms with Gasteiger partial charge in [0, 0.05) is 36.7 Å². The molecule has 4 aliphatic rings. The van der Waals surface area contributed by atoms with E-state index < -0.39 is 0 Å². The van der Waals surface area contributed by atoms with Crippen molar-refractivity contribution in [3.63, 3.8) is 0 Å². The van der Waals surface area contributed by atoms with Crippen LogP contribution in [0.4, 0.5) is 0 Å². The van der Waals surface area contributed by atoms with Gasteiger partial charge < -0.3 is 15.0 Å². The van der Waals surface area contributed by atoms with E-state index in [-0.39, 0.29) is 11.3 Å². The maximum atomic E-state index is 14.5. The molecule has 0 bridgehead atoms. The van der Waals surface area contributed by atoms with E-state index in [0.29, 0.717) is 30.4 Å². The number of carbonyl (C=O) groups excluding carboxylic acids is 1. The lowest BCUT2D eigenvalue weighted by Gasteiger charge is -2.48. The third-order valence-corrected chi connectivity index (χ3v) is 9.69. The van der Waals surface area contributed by atoms with Crippen molar-refractivity contribution in [1.29, 1.82) is 0 Å². The number of aryl methyl sites for hydroxylation is 1. The highest BCUT2D eigenvalue weighted by Crippen LogP contribution is 2.49. The molecule has 6 rings (SSSR count). The van der Waals surface area contributed by atoms with Crippen LogP contribution >= 0.6 is 0 Å². The van der Waals surface area contributed by atoms with Crippen molar-refractivity contribution in [1.82, 2.24) is 10.2 Å². The summed E-state index contributed by atoms with van der Waals surface area (Å²) in [5.41, 5.74) is 3.74. The lowest BCUT2D eigenvalue weighted by molar-refractivity contribution is -0.143. The number of amides is 1. The van der Waals surface area contributed by atoms with E-state index >= 15 is 0 Å². The van der Waals surface area contributed by atoms with E-state index in [2.05, 4.69) is 65.7 Å². The Morgan fingerprint density at radius 3 is 2.69 bits per heavy atom. The van der Waals surface area contributed by atoms with Crippen molar-refractivity contribution >= 4 is 5.91 Å². The second-order valence-corrected chi connectivity index (χ2v) is 11.5. The first-order valence-electron chi connectivity index (χ1n) is 14.0. The third-order valence-electron chi connectivity index (χ3n) is 9.69. The molecule has 0 aromatic heterocycles. The minimum Gasteiger partial charge on any atom is -0.493 e. The molecular formula is C31H40N2O2. The van der Waals surface area contributed by atoms with Gasteiger partial charge in [0.05, 0.1) is 12.5 Å². The fraction of sp³-hybridized carbons (Fsp3) is 0.581. The van der Waals surface area contributed by atoms with E-state index in [1.807, 2.05) is 0 Å². The lowest BCUT2D eigenvalue weighted by atomic mass is 9.67. The SMILES string of the molecule is Cc1cccc2c1OCCC21CNCC1C(=O)N1CCC(c2ccccc2)CC1C1CCCCC1. The van der Waals surface area contributed by atoms with E-state index in [1.54, 1.807) is 0 Å². The molecule has 1 saturated carbocycles. The molecular weight excluding hydrogens is 432 g/mol. The second kappa shape index (κ2) is 9.61. The van der Waals surface area contributed by atoms with Gasteiger partial charge in [-0.05, 0) is 62.0 Å². The van der Waals surface area contributed by atoms with Crippen molar-refractivity contribution in [2.45, 2.75) is 75.7 Å². The molecule has 2 saturated heterocycles. The van der Waals surface area contributed by atoms with Crippen LogP contribution < -0.4 is 10.1 Å². The maximum absolute atomic E-state index is 14.5. The quantitative estimate of drug-likeness (QED) is 0.633. The number of nitrogens with zero attached hydrogens (tertiary/aromatic N) is 1. The summed E-state index contributed by atoms with van der Waals surface area (Å²) in [6.07, 6.45) is 9.65. The highest BCUT2D eigenvalue weighted by Gasteiger charge is 2.53. The monoisotopic (exact) mass is 472 g/mol. The van der Waals surface area contributed by atoms with Crippen molar-refractivity contribution in [3.8, 4) is 5.75 Å². The normalized spacial score (nSPS) is 31.2. The van der Waals surface area contributed by atoms with Crippen molar-refractivity contribution < 1.29 is 9.53 Å². The molecule has 0 radical (unpaired) electrons. The second-order valence-electron chi connectivity index (χ2n) is 11.5. The molecule has 35 heavy (non-hydrogen) atoms. The zero-order valence-corrected chi connectivity index (χ0v) is 21.2. The van der Waals surface area contributed by atoms with Gasteiger partial charge in [-0.25, -0.2) is 0 Å².